The van der Waals surface area contributed by atoms with E-state index in [0.29, 0.717) is 5.92 Å². The van der Waals surface area contributed by atoms with E-state index in [9.17, 15) is 4.79 Å². The van der Waals surface area contributed by atoms with Crippen LogP contribution in [0, 0.1) is 11.8 Å². The molecule has 4 heteroatoms. The summed E-state index contributed by atoms with van der Waals surface area (Å²) in [6.07, 6.45) is 4.48. The Bertz CT molecular complexity index is 485. The molecule has 0 aliphatic carbocycles. The molecular formula is C19H29N3O. The summed E-state index contributed by atoms with van der Waals surface area (Å²) >= 11 is 0. The zero-order valence-corrected chi connectivity index (χ0v) is 14.0. The molecule has 0 radical (unpaired) electrons. The molecule has 2 aliphatic rings. The van der Waals surface area contributed by atoms with Crippen molar-refractivity contribution in [3.05, 3.63) is 35.9 Å². The highest BCUT2D eigenvalue weighted by Crippen LogP contribution is 2.17. The van der Waals surface area contributed by atoms with Gasteiger partial charge in [-0.3, -0.25) is 4.79 Å². The van der Waals surface area contributed by atoms with Gasteiger partial charge in [-0.25, -0.2) is 0 Å². The number of likely N-dealkylation sites (tertiary alicyclic amines) is 1. The van der Waals surface area contributed by atoms with Crippen LogP contribution < -0.4 is 10.6 Å². The number of hydrogen-bond acceptors (Lipinski definition) is 3. The number of carbonyl (C=O) groups is 1. The van der Waals surface area contributed by atoms with Crippen LogP contribution in [-0.2, 0) is 11.2 Å². The Morgan fingerprint density at radius 3 is 2.91 bits per heavy atom. The lowest BCUT2D eigenvalue weighted by molar-refractivity contribution is -0.125. The van der Waals surface area contributed by atoms with Gasteiger partial charge in [0.1, 0.15) is 0 Å². The summed E-state index contributed by atoms with van der Waals surface area (Å²) in [6, 6.07) is 10.7. The molecular weight excluding hydrogens is 286 g/mol. The molecule has 2 atom stereocenters. The molecule has 4 nitrogen and oxygen atoms in total. The van der Waals surface area contributed by atoms with Crippen molar-refractivity contribution in [1.82, 2.24) is 15.5 Å². The minimum atomic E-state index is 0.180. The fraction of sp³-hybridized carbons (Fsp3) is 0.632. The number of piperidine rings is 1. The smallest absolute Gasteiger partial charge is 0.224 e. The average Bonchev–Trinajstić information content (AvgIpc) is 3.07. The maximum Gasteiger partial charge on any atom is 0.224 e. The molecule has 2 N–H and O–H groups in total. The lowest BCUT2D eigenvalue weighted by Gasteiger charge is -2.23. The van der Waals surface area contributed by atoms with Gasteiger partial charge in [0.2, 0.25) is 5.91 Å². The highest BCUT2D eigenvalue weighted by molar-refractivity contribution is 5.78. The number of nitrogens with one attached hydrogen (secondary N) is 2. The number of hydrogen-bond donors (Lipinski definition) is 2. The topological polar surface area (TPSA) is 44.4 Å². The molecule has 2 heterocycles. The van der Waals surface area contributed by atoms with E-state index in [1.54, 1.807) is 0 Å². The van der Waals surface area contributed by atoms with Crippen molar-refractivity contribution in [2.45, 2.75) is 25.7 Å². The molecule has 126 valence electrons. The molecule has 2 unspecified atom stereocenters. The highest BCUT2D eigenvalue weighted by atomic mass is 16.1. The quantitative estimate of drug-likeness (QED) is 0.839. The van der Waals surface area contributed by atoms with E-state index in [2.05, 4.69) is 45.9 Å². The Morgan fingerprint density at radius 2 is 2.13 bits per heavy atom. The summed E-state index contributed by atoms with van der Waals surface area (Å²) in [5, 5.41) is 6.50. The second-order valence-corrected chi connectivity index (χ2v) is 6.98. The summed E-state index contributed by atoms with van der Waals surface area (Å²) < 4.78 is 0. The fourth-order valence-electron chi connectivity index (χ4n) is 3.68. The van der Waals surface area contributed by atoms with Crippen LogP contribution in [0.25, 0.3) is 0 Å². The van der Waals surface area contributed by atoms with Gasteiger partial charge in [-0.1, -0.05) is 30.3 Å². The number of carbonyl (C=O) groups excluding carboxylic acids is 1. The molecule has 2 saturated heterocycles. The van der Waals surface area contributed by atoms with Crippen molar-refractivity contribution < 1.29 is 4.79 Å². The van der Waals surface area contributed by atoms with E-state index in [4.69, 9.17) is 0 Å². The minimum absolute atomic E-state index is 0.180. The highest BCUT2D eigenvalue weighted by Gasteiger charge is 2.25. The second kappa shape index (κ2) is 8.46. The summed E-state index contributed by atoms with van der Waals surface area (Å²) in [6.45, 7) is 6.16. The van der Waals surface area contributed by atoms with E-state index in [-0.39, 0.29) is 11.8 Å². The SMILES string of the molecule is O=C(NCC1CCN(CCc2ccccc2)C1)C1CCCNC1. The Balaban J connectivity index is 1.34. The number of nitrogens with zero attached hydrogens (tertiary/aromatic N) is 1. The normalized spacial score (nSPS) is 25.4. The second-order valence-electron chi connectivity index (χ2n) is 6.98. The third kappa shape index (κ3) is 5.05. The van der Waals surface area contributed by atoms with Gasteiger partial charge in [0.05, 0.1) is 5.92 Å². The third-order valence-electron chi connectivity index (χ3n) is 5.16. The molecule has 1 amide bonds. The van der Waals surface area contributed by atoms with Crippen molar-refractivity contribution in [1.29, 1.82) is 0 Å². The van der Waals surface area contributed by atoms with Gasteiger partial charge < -0.3 is 15.5 Å². The lowest BCUT2D eigenvalue weighted by Crippen LogP contribution is -2.42. The summed E-state index contributed by atoms with van der Waals surface area (Å²) in [5.74, 6) is 1.05. The molecule has 0 saturated carbocycles. The van der Waals surface area contributed by atoms with Crippen LogP contribution in [0.2, 0.25) is 0 Å². The van der Waals surface area contributed by atoms with Crippen molar-refractivity contribution in [3.63, 3.8) is 0 Å². The predicted octanol–water partition coefficient (Wildman–Crippen LogP) is 1.67. The van der Waals surface area contributed by atoms with Crippen molar-refractivity contribution in [3.8, 4) is 0 Å². The van der Waals surface area contributed by atoms with Crippen LogP contribution in [0.15, 0.2) is 30.3 Å². The first-order chi connectivity index (χ1) is 11.3. The first-order valence-corrected chi connectivity index (χ1v) is 9.06. The van der Waals surface area contributed by atoms with E-state index >= 15 is 0 Å². The molecule has 0 bridgehead atoms. The van der Waals surface area contributed by atoms with E-state index < -0.39 is 0 Å². The van der Waals surface area contributed by atoms with Gasteiger partial charge >= 0.3 is 0 Å². The summed E-state index contributed by atoms with van der Waals surface area (Å²) in [7, 11) is 0. The maximum absolute atomic E-state index is 12.2. The summed E-state index contributed by atoms with van der Waals surface area (Å²) in [4.78, 5) is 14.7. The van der Waals surface area contributed by atoms with Crippen LogP contribution in [0.5, 0.6) is 0 Å². The van der Waals surface area contributed by atoms with Crippen LogP contribution in [0.3, 0.4) is 0 Å². The minimum Gasteiger partial charge on any atom is -0.355 e. The largest absolute Gasteiger partial charge is 0.355 e. The third-order valence-corrected chi connectivity index (χ3v) is 5.16. The standard InChI is InChI=1S/C19H29N3O/c23-19(18-7-4-10-20-14-18)21-13-17-9-12-22(15-17)11-8-16-5-2-1-3-6-16/h1-3,5-6,17-18,20H,4,7-15H2,(H,21,23). The van der Waals surface area contributed by atoms with Crippen LogP contribution in [0.1, 0.15) is 24.8 Å². The molecule has 2 fully saturated rings. The molecule has 1 aromatic rings. The van der Waals surface area contributed by atoms with Crippen LogP contribution in [0.4, 0.5) is 0 Å². The van der Waals surface area contributed by atoms with Gasteiger partial charge in [-0.05, 0) is 50.3 Å². The number of rotatable bonds is 6. The van der Waals surface area contributed by atoms with E-state index in [1.807, 2.05) is 0 Å². The first-order valence-electron chi connectivity index (χ1n) is 9.06. The van der Waals surface area contributed by atoms with Gasteiger partial charge in [-0.15, -0.1) is 0 Å². The average molecular weight is 315 g/mol. The van der Waals surface area contributed by atoms with Crippen LogP contribution in [-0.4, -0.2) is 50.1 Å². The molecule has 1 aromatic carbocycles. The number of amides is 1. The van der Waals surface area contributed by atoms with E-state index in [0.717, 1.165) is 52.0 Å². The lowest BCUT2D eigenvalue weighted by atomic mass is 9.98. The van der Waals surface area contributed by atoms with Crippen LogP contribution >= 0.6 is 0 Å². The molecule has 23 heavy (non-hydrogen) atoms. The van der Waals surface area contributed by atoms with Gasteiger partial charge in [-0.2, -0.15) is 0 Å². The first kappa shape index (κ1) is 16.5. The molecule has 0 spiro atoms. The Kier molecular flexibility index (Phi) is 6.06. The Morgan fingerprint density at radius 1 is 1.26 bits per heavy atom. The maximum atomic E-state index is 12.2. The monoisotopic (exact) mass is 315 g/mol. The van der Waals surface area contributed by atoms with E-state index in [1.165, 1.54) is 18.5 Å². The zero-order valence-electron chi connectivity index (χ0n) is 14.0. The van der Waals surface area contributed by atoms with Crippen molar-refractivity contribution in [2.75, 3.05) is 39.3 Å². The molecule has 0 aromatic heterocycles. The van der Waals surface area contributed by atoms with Gasteiger partial charge in [0, 0.05) is 26.2 Å². The Labute approximate surface area is 139 Å². The molecule has 2 aliphatic heterocycles. The number of benzene rings is 1. The van der Waals surface area contributed by atoms with Gasteiger partial charge in [0.25, 0.3) is 0 Å². The Hall–Kier alpha value is -1.39. The predicted molar refractivity (Wildman–Crippen MR) is 93.3 cm³/mol. The molecule has 3 rings (SSSR count). The van der Waals surface area contributed by atoms with Crippen molar-refractivity contribution in [2.24, 2.45) is 11.8 Å². The summed E-state index contributed by atoms with van der Waals surface area (Å²) in [5.41, 5.74) is 1.41. The van der Waals surface area contributed by atoms with Gasteiger partial charge in [0.15, 0.2) is 0 Å². The van der Waals surface area contributed by atoms with Crippen molar-refractivity contribution >= 4 is 5.91 Å². The zero-order chi connectivity index (χ0) is 15.9. The fourth-order valence-corrected chi connectivity index (χ4v) is 3.68.